The highest BCUT2D eigenvalue weighted by Gasteiger charge is 2.18. The molecule has 1 aliphatic heterocycles. The zero-order valence-corrected chi connectivity index (χ0v) is 18.0. The average molecular weight is 448 g/mol. The van der Waals surface area contributed by atoms with E-state index in [1.807, 2.05) is 6.92 Å². The van der Waals surface area contributed by atoms with Gasteiger partial charge in [0.2, 0.25) is 0 Å². The Morgan fingerprint density at radius 2 is 1.97 bits per heavy atom. The van der Waals surface area contributed by atoms with Gasteiger partial charge in [0.15, 0.2) is 11.7 Å². The topological polar surface area (TPSA) is 79.9 Å². The van der Waals surface area contributed by atoms with Crippen molar-refractivity contribution < 1.29 is 19.1 Å². The Bertz CT molecular complexity index is 948. The van der Waals surface area contributed by atoms with E-state index in [4.69, 9.17) is 33.3 Å². The maximum absolute atomic E-state index is 12.6. The van der Waals surface area contributed by atoms with E-state index in [0.29, 0.717) is 48.3 Å². The Morgan fingerprint density at radius 3 is 2.70 bits per heavy atom. The molecule has 30 heavy (non-hydrogen) atoms. The minimum Gasteiger partial charge on any atom is -0.484 e. The number of thiocarbonyl (C=S) groups is 1. The van der Waals surface area contributed by atoms with Crippen molar-refractivity contribution in [1.82, 2.24) is 10.2 Å². The molecule has 2 amide bonds. The van der Waals surface area contributed by atoms with Crippen molar-refractivity contribution in [3.05, 3.63) is 58.6 Å². The molecule has 0 aliphatic carbocycles. The van der Waals surface area contributed by atoms with Crippen LogP contribution in [0.15, 0.2) is 42.5 Å². The Labute approximate surface area is 185 Å². The lowest BCUT2D eigenvalue weighted by atomic mass is 10.1. The molecular formula is C21H22ClN3O4S. The number of morpholine rings is 1. The number of amides is 2. The SMILES string of the molecule is Cc1cc(OCC(=O)NC(=S)Nc2cccc(C(=O)N3CCOCC3)c2)ccc1Cl. The van der Waals surface area contributed by atoms with Gasteiger partial charge in [0, 0.05) is 29.4 Å². The molecule has 2 aromatic rings. The number of halogens is 1. The highest BCUT2D eigenvalue weighted by molar-refractivity contribution is 7.80. The number of nitrogens with one attached hydrogen (secondary N) is 2. The second kappa shape index (κ2) is 10.4. The van der Waals surface area contributed by atoms with E-state index in [1.54, 1.807) is 47.4 Å². The van der Waals surface area contributed by atoms with Gasteiger partial charge in [-0.25, -0.2) is 0 Å². The molecule has 2 N–H and O–H groups in total. The average Bonchev–Trinajstić information content (AvgIpc) is 2.74. The Morgan fingerprint density at radius 1 is 1.20 bits per heavy atom. The lowest BCUT2D eigenvalue weighted by Gasteiger charge is -2.27. The predicted molar refractivity (Wildman–Crippen MR) is 119 cm³/mol. The predicted octanol–water partition coefficient (Wildman–Crippen LogP) is 3.01. The number of carbonyl (C=O) groups is 2. The van der Waals surface area contributed by atoms with Crippen molar-refractivity contribution >= 4 is 46.4 Å². The van der Waals surface area contributed by atoms with Crippen molar-refractivity contribution in [3.8, 4) is 5.75 Å². The monoisotopic (exact) mass is 447 g/mol. The summed E-state index contributed by atoms with van der Waals surface area (Å²) in [7, 11) is 0. The zero-order valence-electron chi connectivity index (χ0n) is 16.4. The third-order valence-electron chi connectivity index (χ3n) is 4.42. The van der Waals surface area contributed by atoms with Crippen LogP contribution in [-0.2, 0) is 9.53 Å². The number of ether oxygens (including phenoxy) is 2. The maximum Gasteiger partial charge on any atom is 0.264 e. The molecule has 7 nitrogen and oxygen atoms in total. The Kier molecular flexibility index (Phi) is 7.62. The minimum atomic E-state index is -0.402. The summed E-state index contributed by atoms with van der Waals surface area (Å²) in [4.78, 5) is 26.4. The molecule has 0 spiro atoms. The van der Waals surface area contributed by atoms with Crippen molar-refractivity contribution in [2.45, 2.75) is 6.92 Å². The standard InChI is InChI=1S/C21H22ClN3O4S/c1-14-11-17(5-6-18(14)22)29-13-19(26)24-21(30)23-16-4-2-3-15(12-16)20(27)25-7-9-28-10-8-25/h2-6,11-12H,7-10,13H2,1H3,(H2,23,24,26,30). The first-order valence-corrected chi connectivity index (χ1v) is 10.2. The van der Waals surface area contributed by atoms with Crippen LogP contribution >= 0.6 is 23.8 Å². The summed E-state index contributed by atoms with van der Waals surface area (Å²) in [6.07, 6.45) is 0. The lowest BCUT2D eigenvalue weighted by molar-refractivity contribution is -0.121. The van der Waals surface area contributed by atoms with Crippen molar-refractivity contribution in [3.63, 3.8) is 0 Å². The molecule has 0 bridgehead atoms. The van der Waals surface area contributed by atoms with Gasteiger partial charge >= 0.3 is 0 Å². The molecule has 1 aliphatic rings. The molecule has 9 heteroatoms. The number of carbonyl (C=O) groups excluding carboxylic acids is 2. The van der Waals surface area contributed by atoms with Gasteiger partial charge in [-0.15, -0.1) is 0 Å². The van der Waals surface area contributed by atoms with Gasteiger partial charge in [-0.3, -0.25) is 14.9 Å². The molecule has 3 rings (SSSR count). The van der Waals surface area contributed by atoms with Gasteiger partial charge < -0.3 is 19.7 Å². The number of rotatable bonds is 5. The number of hydrogen-bond acceptors (Lipinski definition) is 5. The summed E-state index contributed by atoms with van der Waals surface area (Å²) >= 11 is 11.2. The summed E-state index contributed by atoms with van der Waals surface area (Å²) in [5, 5.41) is 6.22. The molecule has 0 atom stereocenters. The van der Waals surface area contributed by atoms with Crippen LogP contribution in [-0.4, -0.2) is 54.7 Å². The third-order valence-corrected chi connectivity index (χ3v) is 5.05. The first kappa shape index (κ1) is 22.0. The zero-order chi connectivity index (χ0) is 21.5. The van der Waals surface area contributed by atoms with E-state index in [2.05, 4.69) is 10.6 Å². The molecule has 0 unspecified atom stereocenters. The summed E-state index contributed by atoms with van der Waals surface area (Å²) in [5.74, 6) is 0.0736. The van der Waals surface area contributed by atoms with Crippen LogP contribution in [0.2, 0.25) is 5.02 Å². The summed E-state index contributed by atoms with van der Waals surface area (Å²) in [6.45, 7) is 3.87. The third kappa shape index (κ3) is 6.16. The first-order chi connectivity index (χ1) is 14.4. The Balaban J connectivity index is 1.50. The van der Waals surface area contributed by atoms with Gasteiger partial charge in [-0.2, -0.15) is 0 Å². The molecule has 0 saturated carbocycles. The van der Waals surface area contributed by atoms with Crippen LogP contribution in [0.5, 0.6) is 5.75 Å². The van der Waals surface area contributed by atoms with Crippen LogP contribution in [0.25, 0.3) is 0 Å². The minimum absolute atomic E-state index is 0.0661. The second-order valence-electron chi connectivity index (χ2n) is 6.69. The van der Waals surface area contributed by atoms with Crippen LogP contribution in [0.3, 0.4) is 0 Å². The number of hydrogen-bond donors (Lipinski definition) is 2. The largest absolute Gasteiger partial charge is 0.484 e. The van der Waals surface area contributed by atoms with Crippen LogP contribution < -0.4 is 15.4 Å². The van der Waals surface area contributed by atoms with Gasteiger partial charge in [0.05, 0.1) is 13.2 Å². The molecule has 1 saturated heterocycles. The number of anilines is 1. The summed E-state index contributed by atoms with van der Waals surface area (Å²) in [6, 6.07) is 12.1. The van der Waals surface area contributed by atoms with E-state index in [9.17, 15) is 9.59 Å². The fourth-order valence-electron chi connectivity index (χ4n) is 2.86. The number of benzene rings is 2. The van der Waals surface area contributed by atoms with Crippen molar-refractivity contribution in [2.75, 3.05) is 38.2 Å². The molecule has 1 fully saturated rings. The molecule has 1 heterocycles. The van der Waals surface area contributed by atoms with E-state index in [0.717, 1.165) is 5.56 Å². The summed E-state index contributed by atoms with van der Waals surface area (Å²) < 4.78 is 10.7. The smallest absolute Gasteiger partial charge is 0.264 e. The second-order valence-corrected chi connectivity index (χ2v) is 7.50. The lowest BCUT2D eigenvalue weighted by Crippen LogP contribution is -2.40. The Hall–Kier alpha value is -2.68. The number of aryl methyl sites for hydroxylation is 1. The highest BCUT2D eigenvalue weighted by Crippen LogP contribution is 2.21. The van der Waals surface area contributed by atoms with Gasteiger partial charge in [0.25, 0.3) is 11.8 Å². The van der Waals surface area contributed by atoms with Crippen LogP contribution in [0.4, 0.5) is 5.69 Å². The fourth-order valence-corrected chi connectivity index (χ4v) is 3.21. The quantitative estimate of drug-likeness (QED) is 0.686. The summed E-state index contributed by atoms with van der Waals surface area (Å²) in [5.41, 5.74) is 2.00. The normalized spacial score (nSPS) is 13.5. The van der Waals surface area contributed by atoms with E-state index in [1.165, 1.54) is 0 Å². The first-order valence-electron chi connectivity index (χ1n) is 9.39. The van der Waals surface area contributed by atoms with Gasteiger partial charge in [-0.1, -0.05) is 17.7 Å². The molecule has 0 aromatic heterocycles. The van der Waals surface area contributed by atoms with Crippen molar-refractivity contribution in [2.24, 2.45) is 0 Å². The van der Waals surface area contributed by atoms with Gasteiger partial charge in [0.1, 0.15) is 5.75 Å². The van der Waals surface area contributed by atoms with E-state index >= 15 is 0 Å². The fraction of sp³-hybridized carbons (Fsp3) is 0.286. The van der Waals surface area contributed by atoms with Gasteiger partial charge in [-0.05, 0) is 61.1 Å². The molecule has 2 aromatic carbocycles. The molecular weight excluding hydrogens is 426 g/mol. The molecule has 0 radical (unpaired) electrons. The van der Waals surface area contributed by atoms with Crippen LogP contribution in [0, 0.1) is 6.92 Å². The maximum atomic E-state index is 12.6. The van der Waals surface area contributed by atoms with Crippen molar-refractivity contribution in [1.29, 1.82) is 0 Å². The molecule has 158 valence electrons. The van der Waals surface area contributed by atoms with Crippen LogP contribution in [0.1, 0.15) is 15.9 Å². The number of nitrogens with zero attached hydrogens (tertiary/aromatic N) is 1. The highest BCUT2D eigenvalue weighted by atomic mass is 35.5. The van der Waals surface area contributed by atoms with E-state index in [-0.39, 0.29) is 17.6 Å². The van der Waals surface area contributed by atoms with E-state index < -0.39 is 5.91 Å².